The van der Waals surface area contributed by atoms with Crippen LogP contribution < -0.4 is 0 Å². The highest BCUT2D eigenvalue weighted by molar-refractivity contribution is 5.79. The van der Waals surface area contributed by atoms with Crippen LogP contribution in [0.15, 0.2) is 30.5 Å². The Bertz CT molecular complexity index is 867. The molecule has 6 nitrogen and oxygen atoms in total. The normalized spacial score (nSPS) is 19.5. The SMILES string of the molecule is c1cc2ccc(CN3CCc4nc(C5CCOCC5)nn4CC3)cc2[nH]1. The van der Waals surface area contributed by atoms with E-state index in [4.69, 9.17) is 14.8 Å². The molecule has 26 heavy (non-hydrogen) atoms. The fourth-order valence-corrected chi connectivity index (χ4v) is 4.10. The topological polar surface area (TPSA) is 59.0 Å². The van der Waals surface area contributed by atoms with Gasteiger partial charge in [0.15, 0.2) is 5.82 Å². The predicted molar refractivity (Wildman–Crippen MR) is 100 cm³/mol. The summed E-state index contributed by atoms with van der Waals surface area (Å²) in [6.07, 6.45) is 5.08. The van der Waals surface area contributed by atoms with Crippen molar-refractivity contribution in [3.63, 3.8) is 0 Å². The molecule has 0 saturated carbocycles. The summed E-state index contributed by atoms with van der Waals surface area (Å²) in [5, 5.41) is 6.10. The van der Waals surface area contributed by atoms with Gasteiger partial charge in [-0.15, -0.1) is 0 Å². The Kier molecular flexibility index (Phi) is 4.22. The standard InChI is InChI=1S/C20H25N5O/c1-2-16-3-7-21-18(16)13-15(1)14-24-8-4-19-22-20(23-25(19)10-9-24)17-5-11-26-12-6-17/h1-3,7,13,17,21H,4-6,8-12,14H2. The average Bonchev–Trinajstić information content (AvgIpc) is 3.27. The van der Waals surface area contributed by atoms with Crippen LogP contribution >= 0.6 is 0 Å². The molecule has 0 spiro atoms. The molecule has 2 aliphatic heterocycles. The number of ether oxygens (including phenoxy) is 1. The highest BCUT2D eigenvalue weighted by atomic mass is 16.5. The Morgan fingerprint density at radius 2 is 2.04 bits per heavy atom. The molecule has 4 heterocycles. The number of aromatic amines is 1. The number of rotatable bonds is 3. The van der Waals surface area contributed by atoms with Crippen LogP contribution in [-0.4, -0.2) is 51.0 Å². The third kappa shape index (κ3) is 3.15. The summed E-state index contributed by atoms with van der Waals surface area (Å²) < 4.78 is 7.60. The lowest BCUT2D eigenvalue weighted by Gasteiger charge is -2.20. The summed E-state index contributed by atoms with van der Waals surface area (Å²) in [5.41, 5.74) is 2.57. The van der Waals surface area contributed by atoms with Gasteiger partial charge in [-0.25, -0.2) is 9.67 Å². The van der Waals surface area contributed by atoms with Gasteiger partial charge < -0.3 is 9.72 Å². The summed E-state index contributed by atoms with van der Waals surface area (Å²) in [5.74, 6) is 2.66. The monoisotopic (exact) mass is 351 g/mol. The van der Waals surface area contributed by atoms with E-state index >= 15 is 0 Å². The second-order valence-electron chi connectivity index (χ2n) is 7.42. The average molecular weight is 351 g/mol. The molecule has 0 bridgehead atoms. The van der Waals surface area contributed by atoms with Crippen molar-refractivity contribution < 1.29 is 4.74 Å². The molecule has 136 valence electrons. The van der Waals surface area contributed by atoms with E-state index in [1.54, 1.807) is 0 Å². The highest BCUT2D eigenvalue weighted by Crippen LogP contribution is 2.25. The molecule has 2 aliphatic rings. The second-order valence-corrected chi connectivity index (χ2v) is 7.42. The van der Waals surface area contributed by atoms with Gasteiger partial charge in [-0.2, -0.15) is 5.10 Å². The van der Waals surface area contributed by atoms with Crippen molar-refractivity contribution >= 4 is 10.9 Å². The molecule has 1 N–H and O–H groups in total. The lowest BCUT2D eigenvalue weighted by atomic mass is 10.00. The van der Waals surface area contributed by atoms with Crippen LogP contribution in [0.2, 0.25) is 0 Å². The minimum Gasteiger partial charge on any atom is -0.381 e. The predicted octanol–water partition coefficient (Wildman–Crippen LogP) is 2.71. The molecule has 3 aromatic rings. The van der Waals surface area contributed by atoms with Crippen LogP contribution in [0.4, 0.5) is 0 Å². The van der Waals surface area contributed by atoms with Gasteiger partial charge in [0.05, 0.1) is 6.54 Å². The second kappa shape index (κ2) is 6.85. The summed E-state index contributed by atoms with van der Waals surface area (Å²) in [6.45, 7) is 5.64. The first-order valence-electron chi connectivity index (χ1n) is 9.65. The lowest BCUT2D eigenvalue weighted by Crippen LogP contribution is -2.26. The largest absolute Gasteiger partial charge is 0.381 e. The van der Waals surface area contributed by atoms with Gasteiger partial charge in [-0.05, 0) is 35.9 Å². The number of nitrogens with zero attached hydrogens (tertiary/aromatic N) is 4. The van der Waals surface area contributed by atoms with E-state index < -0.39 is 0 Å². The van der Waals surface area contributed by atoms with Crippen molar-refractivity contribution in [2.75, 3.05) is 26.3 Å². The number of nitrogens with one attached hydrogen (secondary N) is 1. The fourth-order valence-electron chi connectivity index (χ4n) is 4.10. The van der Waals surface area contributed by atoms with E-state index in [-0.39, 0.29) is 0 Å². The zero-order chi connectivity index (χ0) is 17.3. The summed E-state index contributed by atoms with van der Waals surface area (Å²) in [7, 11) is 0. The lowest BCUT2D eigenvalue weighted by molar-refractivity contribution is 0.0835. The molecule has 2 aromatic heterocycles. The Labute approximate surface area is 153 Å². The number of H-pyrrole nitrogens is 1. The number of aromatic nitrogens is 4. The molecule has 5 rings (SSSR count). The summed E-state index contributed by atoms with van der Waals surface area (Å²) in [4.78, 5) is 10.7. The maximum atomic E-state index is 5.46. The Morgan fingerprint density at radius 1 is 1.12 bits per heavy atom. The van der Waals surface area contributed by atoms with Crippen molar-refractivity contribution in [3.8, 4) is 0 Å². The molecule has 1 fully saturated rings. The van der Waals surface area contributed by atoms with Gasteiger partial charge in [0, 0.05) is 56.9 Å². The maximum Gasteiger partial charge on any atom is 0.154 e. The van der Waals surface area contributed by atoms with Crippen LogP contribution in [0.1, 0.15) is 36.0 Å². The smallest absolute Gasteiger partial charge is 0.154 e. The van der Waals surface area contributed by atoms with Crippen LogP contribution in [0.5, 0.6) is 0 Å². The number of hydrogen-bond donors (Lipinski definition) is 1. The first kappa shape index (κ1) is 16.0. The Balaban J connectivity index is 1.26. The minimum absolute atomic E-state index is 0.479. The van der Waals surface area contributed by atoms with E-state index in [2.05, 4.69) is 38.8 Å². The van der Waals surface area contributed by atoms with E-state index in [1.165, 1.54) is 16.5 Å². The molecular formula is C20H25N5O. The number of benzene rings is 1. The molecule has 1 saturated heterocycles. The van der Waals surface area contributed by atoms with E-state index in [9.17, 15) is 0 Å². The van der Waals surface area contributed by atoms with E-state index in [0.717, 1.165) is 70.3 Å². The Morgan fingerprint density at radius 3 is 2.96 bits per heavy atom. The summed E-state index contributed by atoms with van der Waals surface area (Å²) in [6, 6.07) is 8.82. The fraction of sp³-hybridized carbons (Fsp3) is 0.500. The highest BCUT2D eigenvalue weighted by Gasteiger charge is 2.23. The first-order chi connectivity index (χ1) is 12.8. The molecule has 0 unspecified atom stereocenters. The zero-order valence-electron chi connectivity index (χ0n) is 15.0. The van der Waals surface area contributed by atoms with Crippen LogP contribution in [0, 0.1) is 0 Å². The van der Waals surface area contributed by atoms with Crippen molar-refractivity contribution in [2.45, 2.75) is 38.3 Å². The maximum absolute atomic E-state index is 5.46. The van der Waals surface area contributed by atoms with Crippen LogP contribution in [-0.2, 0) is 24.2 Å². The molecular weight excluding hydrogens is 326 g/mol. The molecule has 0 radical (unpaired) electrons. The zero-order valence-corrected chi connectivity index (χ0v) is 15.0. The molecule has 0 atom stereocenters. The molecule has 1 aromatic carbocycles. The summed E-state index contributed by atoms with van der Waals surface area (Å²) >= 11 is 0. The quantitative estimate of drug-likeness (QED) is 0.788. The minimum atomic E-state index is 0.479. The van der Waals surface area contributed by atoms with Gasteiger partial charge >= 0.3 is 0 Å². The van der Waals surface area contributed by atoms with Crippen molar-refractivity contribution in [1.82, 2.24) is 24.6 Å². The van der Waals surface area contributed by atoms with Gasteiger partial charge in [-0.1, -0.05) is 12.1 Å². The van der Waals surface area contributed by atoms with Crippen molar-refractivity contribution in [1.29, 1.82) is 0 Å². The van der Waals surface area contributed by atoms with Gasteiger partial charge in [0.2, 0.25) is 0 Å². The number of hydrogen-bond acceptors (Lipinski definition) is 4. The van der Waals surface area contributed by atoms with E-state index in [1.807, 2.05) is 6.20 Å². The third-order valence-corrected chi connectivity index (χ3v) is 5.66. The van der Waals surface area contributed by atoms with Crippen LogP contribution in [0.25, 0.3) is 10.9 Å². The van der Waals surface area contributed by atoms with Gasteiger partial charge in [-0.3, -0.25) is 4.90 Å². The Hall–Kier alpha value is -2.18. The van der Waals surface area contributed by atoms with Crippen molar-refractivity contribution in [2.24, 2.45) is 0 Å². The van der Waals surface area contributed by atoms with Gasteiger partial charge in [0.25, 0.3) is 0 Å². The number of fused-ring (bicyclic) bond motifs is 2. The third-order valence-electron chi connectivity index (χ3n) is 5.66. The van der Waals surface area contributed by atoms with Crippen molar-refractivity contribution in [3.05, 3.63) is 47.7 Å². The molecule has 0 amide bonds. The van der Waals surface area contributed by atoms with Crippen LogP contribution in [0.3, 0.4) is 0 Å². The molecule has 6 heteroatoms. The first-order valence-corrected chi connectivity index (χ1v) is 9.65. The van der Waals surface area contributed by atoms with Gasteiger partial charge in [0.1, 0.15) is 5.82 Å². The van der Waals surface area contributed by atoms with E-state index in [0.29, 0.717) is 5.92 Å². The molecule has 0 aliphatic carbocycles.